The molecule has 2 atom stereocenters. The molecule has 1 N–H and O–H groups in total. The Hall–Kier alpha value is -2.33. The number of ether oxygens (including phenoxy) is 1. The number of aliphatic hydroxyl groups is 1. The number of hydrogen-bond donors (Lipinski definition) is 1. The summed E-state index contributed by atoms with van der Waals surface area (Å²) in [6, 6.07) is 15.8. The van der Waals surface area contributed by atoms with Gasteiger partial charge in [0.05, 0.1) is 6.04 Å². The third kappa shape index (κ3) is 2.71. The van der Waals surface area contributed by atoms with Gasteiger partial charge >= 0.3 is 0 Å². The molecule has 2 aliphatic rings. The summed E-state index contributed by atoms with van der Waals surface area (Å²) < 4.78 is 6.06. The molecule has 0 bridgehead atoms. The van der Waals surface area contributed by atoms with Crippen molar-refractivity contribution in [3.05, 3.63) is 54.1 Å². The van der Waals surface area contributed by atoms with Gasteiger partial charge in [-0.25, -0.2) is 0 Å². The largest absolute Gasteiger partial charge is 0.485 e. The average molecular weight is 337 g/mol. The average Bonchev–Trinajstić information content (AvgIpc) is 3.02. The first-order valence-electron chi connectivity index (χ1n) is 8.83. The summed E-state index contributed by atoms with van der Waals surface area (Å²) in [4.78, 5) is 14.2. The molecule has 0 spiro atoms. The SMILES string of the molecule is CC1(C)Oc2ccc(-c3ccccc3)cc2C(N2CCCC2=O)[C@@H]1O. The summed E-state index contributed by atoms with van der Waals surface area (Å²) in [6.45, 7) is 4.43. The lowest BCUT2D eigenvalue weighted by Crippen LogP contribution is -2.53. The van der Waals surface area contributed by atoms with Crippen LogP contribution in [-0.2, 0) is 4.79 Å². The Labute approximate surface area is 148 Å². The molecule has 2 aromatic carbocycles. The third-order valence-corrected chi connectivity index (χ3v) is 5.27. The summed E-state index contributed by atoms with van der Waals surface area (Å²) in [5.41, 5.74) is 2.32. The first-order valence-corrected chi connectivity index (χ1v) is 8.83. The first-order chi connectivity index (χ1) is 12.0. The molecule has 2 aromatic rings. The maximum Gasteiger partial charge on any atom is 0.223 e. The highest BCUT2D eigenvalue weighted by Gasteiger charge is 2.47. The van der Waals surface area contributed by atoms with Crippen LogP contribution in [-0.4, -0.2) is 34.2 Å². The van der Waals surface area contributed by atoms with Crippen LogP contribution >= 0.6 is 0 Å². The Morgan fingerprint density at radius 2 is 1.88 bits per heavy atom. The summed E-state index contributed by atoms with van der Waals surface area (Å²) in [6.07, 6.45) is 0.628. The highest BCUT2D eigenvalue weighted by atomic mass is 16.5. The lowest BCUT2D eigenvalue weighted by atomic mass is 9.84. The van der Waals surface area contributed by atoms with Crippen molar-refractivity contribution in [2.75, 3.05) is 6.54 Å². The van der Waals surface area contributed by atoms with Crippen LogP contribution in [0.2, 0.25) is 0 Å². The van der Waals surface area contributed by atoms with Crippen molar-refractivity contribution < 1.29 is 14.6 Å². The van der Waals surface area contributed by atoms with Crippen molar-refractivity contribution in [2.24, 2.45) is 0 Å². The Morgan fingerprint density at radius 1 is 1.12 bits per heavy atom. The second-order valence-electron chi connectivity index (χ2n) is 7.40. The molecule has 4 nitrogen and oxygen atoms in total. The number of aliphatic hydroxyl groups excluding tert-OH is 1. The van der Waals surface area contributed by atoms with E-state index in [1.165, 1.54) is 0 Å². The van der Waals surface area contributed by atoms with E-state index in [0.717, 1.165) is 28.9 Å². The van der Waals surface area contributed by atoms with Crippen LogP contribution in [0.1, 0.15) is 38.3 Å². The first kappa shape index (κ1) is 16.2. The molecule has 0 radical (unpaired) electrons. The predicted molar refractivity (Wildman–Crippen MR) is 96.3 cm³/mol. The minimum absolute atomic E-state index is 0.109. The molecule has 0 aromatic heterocycles. The van der Waals surface area contributed by atoms with Gasteiger partial charge in [0.2, 0.25) is 5.91 Å². The van der Waals surface area contributed by atoms with Crippen LogP contribution in [0.25, 0.3) is 11.1 Å². The van der Waals surface area contributed by atoms with Crippen molar-refractivity contribution in [1.29, 1.82) is 0 Å². The topological polar surface area (TPSA) is 49.8 Å². The summed E-state index contributed by atoms with van der Waals surface area (Å²) in [5, 5.41) is 11.0. The molecule has 1 unspecified atom stereocenters. The van der Waals surface area contributed by atoms with Crippen molar-refractivity contribution in [1.82, 2.24) is 4.90 Å². The van der Waals surface area contributed by atoms with Crippen molar-refractivity contribution in [3.63, 3.8) is 0 Å². The van der Waals surface area contributed by atoms with Crippen LogP contribution in [0.15, 0.2) is 48.5 Å². The molecule has 0 saturated carbocycles. The zero-order valence-corrected chi connectivity index (χ0v) is 14.6. The lowest BCUT2D eigenvalue weighted by molar-refractivity contribution is -0.139. The number of fused-ring (bicyclic) bond motifs is 1. The van der Waals surface area contributed by atoms with E-state index in [9.17, 15) is 9.90 Å². The van der Waals surface area contributed by atoms with E-state index < -0.39 is 11.7 Å². The molecule has 0 aliphatic carbocycles. The number of rotatable bonds is 2. The van der Waals surface area contributed by atoms with Gasteiger partial charge in [0.25, 0.3) is 0 Å². The summed E-state index contributed by atoms with van der Waals surface area (Å²) in [7, 11) is 0. The highest BCUT2D eigenvalue weighted by molar-refractivity contribution is 5.79. The Bertz CT molecular complexity index is 800. The van der Waals surface area contributed by atoms with Gasteiger partial charge < -0.3 is 14.7 Å². The Kier molecular flexibility index (Phi) is 3.80. The fraction of sp³-hybridized carbons (Fsp3) is 0.381. The predicted octanol–water partition coefficient (Wildman–Crippen LogP) is 3.55. The van der Waals surface area contributed by atoms with E-state index in [0.29, 0.717) is 13.0 Å². The van der Waals surface area contributed by atoms with E-state index in [1.807, 2.05) is 49.1 Å². The van der Waals surface area contributed by atoms with Crippen LogP contribution < -0.4 is 4.74 Å². The van der Waals surface area contributed by atoms with Gasteiger partial charge in [0, 0.05) is 18.5 Å². The van der Waals surface area contributed by atoms with Crippen LogP contribution in [0.3, 0.4) is 0 Å². The van der Waals surface area contributed by atoms with Gasteiger partial charge in [0.15, 0.2) is 0 Å². The standard InChI is InChI=1S/C21H23NO3/c1-21(2)20(24)19(22-12-6-9-18(22)23)16-13-15(10-11-17(16)25-21)14-7-4-3-5-8-14/h3-5,7-8,10-11,13,19-20,24H,6,9,12H2,1-2H3/t19?,20-/m0/s1. The lowest BCUT2D eigenvalue weighted by Gasteiger charge is -2.45. The van der Waals surface area contributed by atoms with Gasteiger partial charge in [-0.2, -0.15) is 0 Å². The van der Waals surface area contributed by atoms with E-state index >= 15 is 0 Å². The number of hydrogen-bond acceptors (Lipinski definition) is 3. The van der Waals surface area contributed by atoms with Crippen molar-refractivity contribution in [2.45, 2.75) is 44.4 Å². The smallest absolute Gasteiger partial charge is 0.223 e. The second kappa shape index (κ2) is 5.88. The Morgan fingerprint density at radius 3 is 2.56 bits per heavy atom. The van der Waals surface area contributed by atoms with E-state index in [4.69, 9.17) is 4.74 Å². The molecule has 25 heavy (non-hydrogen) atoms. The number of likely N-dealkylation sites (tertiary alicyclic amines) is 1. The quantitative estimate of drug-likeness (QED) is 0.912. The number of amides is 1. The van der Waals surface area contributed by atoms with E-state index in [2.05, 4.69) is 18.2 Å². The minimum Gasteiger partial charge on any atom is -0.485 e. The number of nitrogens with zero attached hydrogens (tertiary/aromatic N) is 1. The van der Waals surface area contributed by atoms with Gasteiger partial charge in [-0.3, -0.25) is 4.79 Å². The Balaban J connectivity index is 1.83. The number of carbonyl (C=O) groups is 1. The number of carbonyl (C=O) groups excluding carboxylic acids is 1. The minimum atomic E-state index is -0.770. The molecule has 1 saturated heterocycles. The highest BCUT2D eigenvalue weighted by Crippen LogP contribution is 2.45. The fourth-order valence-electron chi connectivity index (χ4n) is 3.88. The van der Waals surface area contributed by atoms with Gasteiger partial charge in [-0.05, 0) is 43.5 Å². The normalized spacial score (nSPS) is 24.8. The van der Waals surface area contributed by atoms with E-state index in [-0.39, 0.29) is 11.9 Å². The number of benzene rings is 2. The molecular weight excluding hydrogens is 314 g/mol. The maximum atomic E-state index is 12.4. The monoisotopic (exact) mass is 337 g/mol. The molecule has 2 heterocycles. The molecule has 1 fully saturated rings. The maximum absolute atomic E-state index is 12.4. The molecule has 1 amide bonds. The summed E-state index contributed by atoms with van der Waals surface area (Å²) >= 11 is 0. The second-order valence-corrected chi connectivity index (χ2v) is 7.40. The summed E-state index contributed by atoms with van der Waals surface area (Å²) in [5.74, 6) is 0.859. The van der Waals surface area contributed by atoms with Gasteiger partial charge in [-0.15, -0.1) is 0 Å². The third-order valence-electron chi connectivity index (χ3n) is 5.27. The molecule has 4 rings (SSSR count). The van der Waals surface area contributed by atoms with Gasteiger partial charge in [-0.1, -0.05) is 36.4 Å². The van der Waals surface area contributed by atoms with E-state index in [1.54, 1.807) is 0 Å². The van der Waals surface area contributed by atoms with Crippen molar-refractivity contribution in [3.8, 4) is 16.9 Å². The van der Waals surface area contributed by atoms with Crippen LogP contribution in [0.5, 0.6) is 5.75 Å². The molecule has 130 valence electrons. The molecule has 2 aliphatic heterocycles. The van der Waals surface area contributed by atoms with Crippen LogP contribution in [0.4, 0.5) is 0 Å². The zero-order valence-electron chi connectivity index (χ0n) is 14.6. The zero-order chi connectivity index (χ0) is 17.6. The molecular formula is C21H23NO3. The van der Waals surface area contributed by atoms with Crippen LogP contribution in [0, 0.1) is 0 Å². The molecule has 4 heteroatoms. The fourth-order valence-corrected chi connectivity index (χ4v) is 3.88. The van der Waals surface area contributed by atoms with Gasteiger partial charge in [0.1, 0.15) is 17.5 Å². The van der Waals surface area contributed by atoms with Crippen molar-refractivity contribution >= 4 is 5.91 Å².